The van der Waals surface area contributed by atoms with Gasteiger partial charge in [-0.1, -0.05) is 11.6 Å². The van der Waals surface area contributed by atoms with Crippen molar-refractivity contribution in [3.05, 3.63) is 28.8 Å². The highest BCUT2D eigenvalue weighted by Crippen LogP contribution is 2.39. The van der Waals surface area contributed by atoms with E-state index in [0.29, 0.717) is 13.1 Å². The number of piperazine rings is 1. The Kier molecular flexibility index (Phi) is 3.97. The topological polar surface area (TPSA) is 15.3 Å². The highest BCUT2D eigenvalue weighted by molar-refractivity contribution is 6.30. The minimum atomic E-state index is -4.39. The van der Waals surface area contributed by atoms with Crippen molar-refractivity contribution in [3.63, 3.8) is 0 Å². The molecule has 19 heavy (non-hydrogen) atoms. The van der Waals surface area contributed by atoms with Crippen LogP contribution in [0.1, 0.15) is 19.4 Å². The molecule has 2 rings (SSSR count). The first-order chi connectivity index (χ1) is 8.79. The Balaban J connectivity index is 2.43. The molecule has 0 amide bonds. The first-order valence-corrected chi connectivity index (χ1v) is 6.53. The molecule has 1 N–H and O–H groups in total. The molecule has 1 aliphatic rings. The Morgan fingerprint density at radius 1 is 1.32 bits per heavy atom. The highest BCUT2D eigenvalue weighted by Gasteiger charge is 2.36. The summed E-state index contributed by atoms with van der Waals surface area (Å²) < 4.78 is 39.3. The number of benzene rings is 1. The molecule has 0 aromatic heterocycles. The Bertz CT molecular complexity index is 462. The molecule has 1 aliphatic heterocycles. The van der Waals surface area contributed by atoms with Crippen molar-refractivity contribution in [2.45, 2.75) is 32.1 Å². The van der Waals surface area contributed by atoms with Gasteiger partial charge in [0.05, 0.1) is 5.56 Å². The molecule has 1 aromatic carbocycles. The number of rotatable bonds is 1. The normalized spacial score (nSPS) is 24.6. The van der Waals surface area contributed by atoms with Crippen molar-refractivity contribution in [2.75, 3.05) is 18.0 Å². The van der Waals surface area contributed by atoms with Crippen molar-refractivity contribution < 1.29 is 13.2 Å². The lowest BCUT2D eigenvalue weighted by Crippen LogP contribution is -2.54. The van der Waals surface area contributed by atoms with Gasteiger partial charge in [0.2, 0.25) is 0 Å². The molecule has 106 valence electrons. The van der Waals surface area contributed by atoms with Crippen molar-refractivity contribution in [2.24, 2.45) is 0 Å². The van der Waals surface area contributed by atoms with Crippen LogP contribution in [0.2, 0.25) is 5.02 Å². The van der Waals surface area contributed by atoms with E-state index in [0.717, 1.165) is 6.07 Å². The maximum atomic E-state index is 13.1. The average Bonchev–Trinajstić information content (AvgIpc) is 2.31. The summed E-state index contributed by atoms with van der Waals surface area (Å²) in [6.45, 7) is 5.09. The van der Waals surface area contributed by atoms with Crippen LogP contribution in [0.3, 0.4) is 0 Å². The molecule has 1 fully saturated rings. The molecule has 0 bridgehead atoms. The standard InChI is InChI=1S/C13H16ClF3N2/c1-8-7-19(9(2)6-18-8)12-4-3-10(14)5-11(12)13(15,16)17/h3-5,8-9,18H,6-7H2,1-2H3. The van der Waals surface area contributed by atoms with E-state index in [1.165, 1.54) is 12.1 Å². The van der Waals surface area contributed by atoms with Crippen molar-refractivity contribution >= 4 is 17.3 Å². The zero-order valence-electron chi connectivity index (χ0n) is 10.8. The van der Waals surface area contributed by atoms with Crippen LogP contribution in [0.25, 0.3) is 0 Å². The van der Waals surface area contributed by atoms with Crippen LogP contribution in [0, 0.1) is 0 Å². The third-order valence-electron chi connectivity index (χ3n) is 3.34. The van der Waals surface area contributed by atoms with Crippen LogP contribution in [0.5, 0.6) is 0 Å². The fourth-order valence-electron chi connectivity index (χ4n) is 2.34. The Morgan fingerprint density at radius 3 is 2.63 bits per heavy atom. The van der Waals surface area contributed by atoms with E-state index in [-0.39, 0.29) is 22.8 Å². The van der Waals surface area contributed by atoms with Gasteiger partial charge >= 0.3 is 6.18 Å². The van der Waals surface area contributed by atoms with Crippen LogP contribution in [-0.4, -0.2) is 25.2 Å². The number of halogens is 4. The molecule has 1 aromatic rings. The number of nitrogens with one attached hydrogen (secondary N) is 1. The summed E-state index contributed by atoms with van der Waals surface area (Å²) in [6, 6.07) is 4.13. The monoisotopic (exact) mass is 292 g/mol. The zero-order chi connectivity index (χ0) is 14.2. The quantitative estimate of drug-likeness (QED) is 0.851. The van der Waals surface area contributed by atoms with Gasteiger partial charge in [0.1, 0.15) is 0 Å². The highest BCUT2D eigenvalue weighted by atomic mass is 35.5. The first kappa shape index (κ1) is 14.5. The summed E-state index contributed by atoms with van der Waals surface area (Å²) in [7, 11) is 0. The predicted octanol–water partition coefficient (Wildman–Crippen LogP) is 3.55. The smallest absolute Gasteiger partial charge is 0.366 e. The zero-order valence-corrected chi connectivity index (χ0v) is 11.5. The van der Waals surface area contributed by atoms with E-state index in [1.807, 2.05) is 13.8 Å². The predicted molar refractivity (Wildman–Crippen MR) is 70.7 cm³/mol. The molecular formula is C13H16ClF3N2. The molecule has 0 aliphatic carbocycles. The Hall–Kier alpha value is -0.940. The molecule has 0 spiro atoms. The maximum Gasteiger partial charge on any atom is 0.418 e. The Labute approximate surface area is 115 Å². The van der Waals surface area contributed by atoms with Gasteiger partial charge in [0.25, 0.3) is 0 Å². The van der Waals surface area contributed by atoms with Crippen molar-refractivity contribution in [1.82, 2.24) is 5.32 Å². The number of hydrogen-bond acceptors (Lipinski definition) is 2. The SMILES string of the molecule is CC1CN(c2ccc(Cl)cc2C(F)(F)F)C(C)CN1. The van der Waals surface area contributed by atoms with Crippen molar-refractivity contribution in [1.29, 1.82) is 0 Å². The lowest BCUT2D eigenvalue weighted by atomic mass is 10.1. The molecule has 0 saturated carbocycles. The second kappa shape index (κ2) is 5.21. The maximum absolute atomic E-state index is 13.1. The summed E-state index contributed by atoms with van der Waals surface area (Å²) in [5.74, 6) is 0. The van der Waals surface area contributed by atoms with Gasteiger partial charge in [-0.15, -0.1) is 0 Å². The number of alkyl halides is 3. The first-order valence-electron chi connectivity index (χ1n) is 6.16. The third-order valence-corrected chi connectivity index (χ3v) is 3.57. The van der Waals surface area contributed by atoms with Gasteiger partial charge < -0.3 is 10.2 Å². The molecule has 1 saturated heterocycles. The van der Waals surface area contributed by atoms with E-state index >= 15 is 0 Å². The molecule has 2 unspecified atom stereocenters. The second-order valence-corrected chi connectivity index (χ2v) is 5.41. The number of anilines is 1. The van der Waals surface area contributed by atoms with Crippen molar-refractivity contribution in [3.8, 4) is 0 Å². The van der Waals surface area contributed by atoms with Gasteiger partial charge in [-0.3, -0.25) is 0 Å². The van der Waals surface area contributed by atoms with E-state index in [4.69, 9.17) is 11.6 Å². The van der Waals surface area contributed by atoms with Crippen LogP contribution in [-0.2, 0) is 6.18 Å². The Morgan fingerprint density at radius 2 is 2.00 bits per heavy atom. The van der Waals surface area contributed by atoms with Gasteiger partial charge in [0, 0.05) is 35.9 Å². The van der Waals surface area contributed by atoms with E-state index in [9.17, 15) is 13.2 Å². The van der Waals surface area contributed by atoms with Gasteiger partial charge in [-0.05, 0) is 32.0 Å². The van der Waals surface area contributed by atoms with E-state index in [2.05, 4.69) is 5.32 Å². The van der Waals surface area contributed by atoms with Crippen LogP contribution >= 0.6 is 11.6 Å². The van der Waals surface area contributed by atoms with E-state index in [1.54, 1.807) is 4.90 Å². The molecule has 0 radical (unpaired) electrons. The molecule has 2 nitrogen and oxygen atoms in total. The second-order valence-electron chi connectivity index (χ2n) is 4.97. The molecule has 2 atom stereocenters. The van der Waals surface area contributed by atoms with Gasteiger partial charge in [0.15, 0.2) is 0 Å². The summed E-state index contributed by atoms with van der Waals surface area (Å²) in [6.07, 6.45) is -4.39. The van der Waals surface area contributed by atoms with Gasteiger partial charge in [-0.25, -0.2) is 0 Å². The van der Waals surface area contributed by atoms with Gasteiger partial charge in [-0.2, -0.15) is 13.2 Å². The molecule has 1 heterocycles. The summed E-state index contributed by atoms with van der Waals surface area (Å²) in [4.78, 5) is 1.79. The fourth-order valence-corrected chi connectivity index (χ4v) is 2.52. The lowest BCUT2D eigenvalue weighted by Gasteiger charge is -2.40. The number of hydrogen-bond donors (Lipinski definition) is 1. The average molecular weight is 293 g/mol. The minimum Gasteiger partial charge on any atom is -0.366 e. The largest absolute Gasteiger partial charge is 0.418 e. The third kappa shape index (κ3) is 3.15. The minimum absolute atomic E-state index is 0.0125. The van der Waals surface area contributed by atoms with Crippen LogP contribution < -0.4 is 10.2 Å². The summed E-state index contributed by atoms with van der Waals surface area (Å²) in [5.41, 5.74) is -0.460. The lowest BCUT2D eigenvalue weighted by molar-refractivity contribution is -0.137. The van der Waals surface area contributed by atoms with Crippen LogP contribution in [0.15, 0.2) is 18.2 Å². The van der Waals surface area contributed by atoms with E-state index < -0.39 is 11.7 Å². The molecule has 6 heteroatoms. The summed E-state index contributed by atoms with van der Waals surface area (Å²) >= 11 is 5.70. The summed E-state index contributed by atoms with van der Waals surface area (Å²) in [5, 5.41) is 3.36. The number of nitrogens with zero attached hydrogens (tertiary/aromatic N) is 1. The van der Waals surface area contributed by atoms with Crippen LogP contribution in [0.4, 0.5) is 18.9 Å². The fraction of sp³-hybridized carbons (Fsp3) is 0.538. The molecular weight excluding hydrogens is 277 g/mol.